The molecule has 1 heteroatoms. The Labute approximate surface area is 128 Å². The van der Waals surface area contributed by atoms with Crippen molar-refractivity contribution in [1.29, 1.82) is 0 Å². The van der Waals surface area contributed by atoms with Gasteiger partial charge < -0.3 is 5.11 Å². The molecule has 0 aromatic carbocycles. The maximum atomic E-state index is 9.89. The zero-order chi connectivity index (χ0) is 15.1. The molecule has 1 nitrogen and oxygen atoms in total. The van der Waals surface area contributed by atoms with Crippen molar-refractivity contribution < 1.29 is 5.11 Å². The molecule has 0 spiro atoms. The molecule has 0 rings (SSSR count). The van der Waals surface area contributed by atoms with Gasteiger partial charge in [-0.15, -0.1) is 0 Å². The molecule has 0 aliphatic heterocycles. The molecule has 0 amide bonds. The van der Waals surface area contributed by atoms with E-state index in [1.807, 2.05) is 6.92 Å². The van der Waals surface area contributed by atoms with Gasteiger partial charge in [0.25, 0.3) is 0 Å². The Morgan fingerprint density at radius 2 is 0.950 bits per heavy atom. The second-order valence-corrected chi connectivity index (χ2v) is 6.61. The molecule has 0 aromatic rings. The normalized spacial score (nSPS) is 13.1. The van der Waals surface area contributed by atoms with Crippen LogP contribution in [0.3, 0.4) is 0 Å². The number of rotatable bonds is 15. The largest absolute Gasteiger partial charge is 0.393 e. The SMILES string of the molecule is CCCCCCCCC(CCCCCCCC)C(C)O. The van der Waals surface area contributed by atoms with E-state index in [0.29, 0.717) is 5.92 Å². The predicted octanol–water partition coefficient (Wildman–Crippen LogP) is 6.48. The molecule has 0 bridgehead atoms. The van der Waals surface area contributed by atoms with Gasteiger partial charge in [-0.25, -0.2) is 0 Å². The van der Waals surface area contributed by atoms with Crippen LogP contribution in [0.1, 0.15) is 111 Å². The Kier molecular flexibility index (Phi) is 15.3. The van der Waals surface area contributed by atoms with Gasteiger partial charge in [-0.05, 0) is 25.7 Å². The number of aliphatic hydroxyl groups is 1. The van der Waals surface area contributed by atoms with Crippen LogP contribution in [0.4, 0.5) is 0 Å². The van der Waals surface area contributed by atoms with Crippen molar-refractivity contribution in [3.05, 3.63) is 0 Å². The quantitative estimate of drug-likeness (QED) is 0.341. The molecule has 122 valence electrons. The second-order valence-electron chi connectivity index (χ2n) is 6.61. The molecule has 1 atom stereocenters. The molecule has 1 unspecified atom stereocenters. The van der Waals surface area contributed by atoms with E-state index in [1.165, 1.54) is 89.9 Å². The summed E-state index contributed by atoms with van der Waals surface area (Å²) in [4.78, 5) is 0. The van der Waals surface area contributed by atoms with Crippen molar-refractivity contribution in [3.63, 3.8) is 0 Å². The average molecular weight is 285 g/mol. The summed E-state index contributed by atoms with van der Waals surface area (Å²) < 4.78 is 0. The van der Waals surface area contributed by atoms with E-state index in [1.54, 1.807) is 0 Å². The zero-order valence-electron chi connectivity index (χ0n) is 14.5. The Balaban J connectivity index is 3.51. The van der Waals surface area contributed by atoms with Crippen LogP contribution in [0, 0.1) is 5.92 Å². The van der Waals surface area contributed by atoms with E-state index in [4.69, 9.17) is 0 Å². The van der Waals surface area contributed by atoms with Gasteiger partial charge in [0.15, 0.2) is 0 Å². The van der Waals surface area contributed by atoms with Crippen LogP contribution in [0.15, 0.2) is 0 Å². The summed E-state index contributed by atoms with van der Waals surface area (Å²) in [5.74, 6) is 0.548. The topological polar surface area (TPSA) is 20.2 Å². The van der Waals surface area contributed by atoms with E-state index < -0.39 is 0 Å². The molecule has 20 heavy (non-hydrogen) atoms. The highest BCUT2D eigenvalue weighted by atomic mass is 16.3. The molecule has 0 aliphatic rings. The maximum absolute atomic E-state index is 9.89. The van der Waals surface area contributed by atoms with E-state index in [-0.39, 0.29) is 6.10 Å². The minimum Gasteiger partial charge on any atom is -0.393 e. The van der Waals surface area contributed by atoms with Crippen molar-refractivity contribution in [2.45, 2.75) is 117 Å². The molecule has 0 fully saturated rings. The molecular formula is C19H40O. The lowest BCUT2D eigenvalue weighted by atomic mass is 9.90. The Hall–Kier alpha value is -0.0400. The molecule has 0 saturated carbocycles. The van der Waals surface area contributed by atoms with Crippen LogP contribution < -0.4 is 0 Å². The molecule has 1 N–H and O–H groups in total. The molecule has 0 saturated heterocycles. The van der Waals surface area contributed by atoms with E-state index >= 15 is 0 Å². The first-order valence-corrected chi connectivity index (χ1v) is 9.40. The fraction of sp³-hybridized carbons (Fsp3) is 1.00. The highest BCUT2D eigenvalue weighted by Gasteiger charge is 2.13. The summed E-state index contributed by atoms with van der Waals surface area (Å²) >= 11 is 0. The zero-order valence-corrected chi connectivity index (χ0v) is 14.5. The third kappa shape index (κ3) is 13.0. The van der Waals surface area contributed by atoms with Gasteiger partial charge in [-0.3, -0.25) is 0 Å². The van der Waals surface area contributed by atoms with E-state index in [0.717, 1.165) is 0 Å². The molecule has 0 aliphatic carbocycles. The summed E-state index contributed by atoms with van der Waals surface area (Å²) in [6, 6.07) is 0. The van der Waals surface area contributed by atoms with Crippen LogP contribution in [-0.4, -0.2) is 11.2 Å². The number of unbranched alkanes of at least 4 members (excludes halogenated alkanes) is 10. The van der Waals surface area contributed by atoms with Gasteiger partial charge in [0.2, 0.25) is 0 Å². The first-order chi connectivity index (χ1) is 9.72. The third-order valence-electron chi connectivity index (χ3n) is 4.54. The van der Waals surface area contributed by atoms with E-state index in [2.05, 4.69) is 13.8 Å². The highest BCUT2D eigenvalue weighted by Crippen LogP contribution is 2.22. The predicted molar refractivity (Wildman–Crippen MR) is 91.2 cm³/mol. The number of aliphatic hydroxyl groups excluding tert-OH is 1. The Bertz CT molecular complexity index is 161. The van der Waals surface area contributed by atoms with Gasteiger partial charge in [-0.1, -0.05) is 90.9 Å². The molecular weight excluding hydrogens is 244 g/mol. The summed E-state index contributed by atoms with van der Waals surface area (Å²) in [5.41, 5.74) is 0. The molecule has 0 aromatic heterocycles. The van der Waals surface area contributed by atoms with Crippen LogP contribution >= 0.6 is 0 Å². The van der Waals surface area contributed by atoms with Crippen LogP contribution in [-0.2, 0) is 0 Å². The van der Waals surface area contributed by atoms with Crippen molar-refractivity contribution in [2.24, 2.45) is 5.92 Å². The lowest BCUT2D eigenvalue weighted by Crippen LogP contribution is -2.16. The summed E-state index contributed by atoms with van der Waals surface area (Å²) in [6.45, 7) is 6.52. The van der Waals surface area contributed by atoms with Gasteiger partial charge in [0.1, 0.15) is 0 Å². The summed E-state index contributed by atoms with van der Waals surface area (Å²) in [7, 11) is 0. The Morgan fingerprint density at radius 1 is 0.600 bits per heavy atom. The van der Waals surface area contributed by atoms with Gasteiger partial charge in [0.05, 0.1) is 6.10 Å². The molecule has 0 radical (unpaired) electrons. The van der Waals surface area contributed by atoms with Crippen LogP contribution in [0.2, 0.25) is 0 Å². The molecule has 0 heterocycles. The van der Waals surface area contributed by atoms with Crippen molar-refractivity contribution in [3.8, 4) is 0 Å². The van der Waals surface area contributed by atoms with Crippen molar-refractivity contribution >= 4 is 0 Å². The maximum Gasteiger partial charge on any atom is 0.0540 e. The van der Waals surface area contributed by atoms with Gasteiger partial charge in [0, 0.05) is 0 Å². The minimum absolute atomic E-state index is 0.110. The average Bonchev–Trinajstić information content (AvgIpc) is 2.43. The lowest BCUT2D eigenvalue weighted by molar-refractivity contribution is 0.111. The first-order valence-electron chi connectivity index (χ1n) is 9.40. The highest BCUT2D eigenvalue weighted by molar-refractivity contribution is 4.65. The fourth-order valence-electron chi connectivity index (χ4n) is 3.00. The number of hydrogen-bond acceptors (Lipinski definition) is 1. The summed E-state index contributed by atoms with van der Waals surface area (Å²) in [5, 5.41) is 9.89. The summed E-state index contributed by atoms with van der Waals surface area (Å²) in [6.07, 6.45) is 18.7. The Morgan fingerprint density at radius 3 is 1.30 bits per heavy atom. The monoisotopic (exact) mass is 284 g/mol. The van der Waals surface area contributed by atoms with Crippen LogP contribution in [0.5, 0.6) is 0 Å². The third-order valence-corrected chi connectivity index (χ3v) is 4.54. The standard InChI is InChI=1S/C19H40O/c1-4-6-8-10-12-14-16-19(18(3)20)17-15-13-11-9-7-5-2/h18-20H,4-17H2,1-3H3. The van der Waals surface area contributed by atoms with E-state index in [9.17, 15) is 5.11 Å². The second kappa shape index (κ2) is 15.4. The van der Waals surface area contributed by atoms with Gasteiger partial charge in [-0.2, -0.15) is 0 Å². The first kappa shape index (κ1) is 20.0. The van der Waals surface area contributed by atoms with Gasteiger partial charge >= 0.3 is 0 Å². The lowest BCUT2D eigenvalue weighted by Gasteiger charge is -2.19. The van der Waals surface area contributed by atoms with Crippen molar-refractivity contribution in [2.75, 3.05) is 0 Å². The van der Waals surface area contributed by atoms with Crippen LogP contribution in [0.25, 0.3) is 0 Å². The number of hydrogen-bond donors (Lipinski definition) is 1. The van der Waals surface area contributed by atoms with Crippen molar-refractivity contribution in [1.82, 2.24) is 0 Å². The minimum atomic E-state index is -0.110. The smallest absolute Gasteiger partial charge is 0.0540 e. The fourth-order valence-corrected chi connectivity index (χ4v) is 3.00.